The average Bonchev–Trinajstić information content (AvgIpc) is 2.74. The molecule has 0 amide bonds. The molecule has 1 saturated carbocycles. The molecule has 30 heavy (non-hydrogen) atoms. The number of ketones is 1. The molecule has 1 aliphatic heterocycles. The maximum absolute atomic E-state index is 12.9. The third kappa shape index (κ3) is 5.47. The largest absolute Gasteiger partial charge is 0.460 e. The van der Waals surface area contributed by atoms with Gasteiger partial charge in [0.1, 0.15) is 6.10 Å². The lowest BCUT2D eigenvalue weighted by molar-refractivity contribution is -0.168. The zero-order valence-electron chi connectivity index (χ0n) is 18.3. The fourth-order valence-electron chi connectivity index (χ4n) is 4.17. The van der Waals surface area contributed by atoms with Crippen molar-refractivity contribution in [2.75, 3.05) is 0 Å². The van der Waals surface area contributed by atoms with E-state index in [-0.39, 0.29) is 49.9 Å². The van der Waals surface area contributed by atoms with Crippen molar-refractivity contribution < 1.29 is 39.2 Å². The molecule has 1 saturated heterocycles. The van der Waals surface area contributed by atoms with E-state index in [0.717, 1.165) is 0 Å². The molecule has 0 aromatic rings. The van der Waals surface area contributed by atoms with Crippen molar-refractivity contribution in [1.29, 1.82) is 0 Å². The third-order valence-electron chi connectivity index (χ3n) is 6.63. The molecule has 2 bridgehead atoms. The summed E-state index contributed by atoms with van der Waals surface area (Å²) < 4.78 is 10.8. The number of esters is 2. The summed E-state index contributed by atoms with van der Waals surface area (Å²) in [5, 5.41) is 32.5. The van der Waals surface area contributed by atoms with Gasteiger partial charge >= 0.3 is 11.9 Å². The highest BCUT2D eigenvalue weighted by Gasteiger charge is 2.46. The summed E-state index contributed by atoms with van der Waals surface area (Å²) in [5.41, 5.74) is -4.31. The van der Waals surface area contributed by atoms with Crippen LogP contribution < -0.4 is 0 Å². The van der Waals surface area contributed by atoms with Crippen LogP contribution in [0.4, 0.5) is 0 Å². The number of Topliss-reactive ketones (excluding diaryl/α,β-unsaturated/α-hetero) is 1. The summed E-state index contributed by atoms with van der Waals surface area (Å²) in [6.07, 6.45) is -1.44. The highest BCUT2D eigenvalue weighted by molar-refractivity contribution is 5.94. The van der Waals surface area contributed by atoms with Crippen LogP contribution in [0, 0.1) is 5.92 Å². The minimum atomic E-state index is -1.55. The van der Waals surface area contributed by atoms with Crippen LogP contribution in [0.25, 0.3) is 0 Å². The van der Waals surface area contributed by atoms with Crippen LogP contribution in [-0.2, 0) is 23.9 Å². The Balaban J connectivity index is 2.42. The molecule has 1 heterocycles. The standard InChI is InChI=1S/C22H34O8/c1-13-15-6-11-22(5,30-19(13)26)16(24)7-9-21(4,28)18(29-14(2)23)8-10-20(3,27)17(25)12-15/h15,17-18,25,27-28H,1,6-12H2,2-5H3/t15-,17+,18-,20-,21+,22-/m1/s1. The molecule has 2 fully saturated rings. The van der Waals surface area contributed by atoms with Gasteiger partial charge < -0.3 is 24.8 Å². The number of aliphatic hydroxyl groups is 3. The van der Waals surface area contributed by atoms with Gasteiger partial charge in [0, 0.05) is 18.9 Å². The first-order valence-electron chi connectivity index (χ1n) is 10.4. The first kappa shape index (κ1) is 24.5. The molecule has 8 heteroatoms. The van der Waals surface area contributed by atoms with Crippen molar-refractivity contribution in [3.05, 3.63) is 12.2 Å². The molecule has 0 unspecified atom stereocenters. The molecule has 6 atom stereocenters. The molecule has 1 aliphatic carbocycles. The molecule has 8 nitrogen and oxygen atoms in total. The molecule has 2 aliphatic rings. The van der Waals surface area contributed by atoms with E-state index in [1.165, 1.54) is 20.8 Å². The smallest absolute Gasteiger partial charge is 0.334 e. The SMILES string of the molecule is C=C1C(=O)O[C@]2(C)CC[C@@H]1C[C@H](O)[C@](C)(O)CC[C@@H](OC(C)=O)[C@@](C)(O)CCC2=O. The number of carbonyl (C=O) groups excluding carboxylic acids is 3. The van der Waals surface area contributed by atoms with E-state index < -0.39 is 46.9 Å². The Labute approximate surface area is 177 Å². The van der Waals surface area contributed by atoms with Gasteiger partial charge in [0.05, 0.1) is 17.3 Å². The van der Waals surface area contributed by atoms with Crippen LogP contribution in [0.1, 0.15) is 72.6 Å². The van der Waals surface area contributed by atoms with Crippen LogP contribution in [0.15, 0.2) is 12.2 Å². The lowest BCUT2D eigenvalue weighted by Gasteiger charge is -2.37. The number of fused-ring (bicyclic) bond motifs is 3. The summed E-state index contributed by atoms with van der Waals surface area (Å²) in [6.45, 7) is 9.48. The lowest BCUT2D eigenvalue weighted by Crippen LogP contribution is -2.47. The summed E-state index contributed by atoms with van der Waals surface area (Å²) >= 11 is 0. The van der Waals surface area contributed by atoms with Crippen molar-refractivity contribution in [2.24, 2.45) is 5.92 Å². The molecular weight excluding hydrogens is 392 g/mol. The minimum absolute atomic E-state index is 0.0218. The van der Waals surface area contributed by atoms with E-state index in [0.29, 0.717) is 6.42 Å². The van der Waals surface area contributed by atoms with Gasteiger partial charge in [-0.25, -0.2) is 4.79 Å². The quantitative estimate of drug-likeness (QED) is 0.426. The summed E-state index contributed by atoms with van der Waals surface area (Å²) in [4.78, 5) is 37.0. The van der Waals surface area contributed by atoms with Gasteiger partial charge in [0.15, 0.2) is 11.4 Å². The summed E-state index contributed by atoms with van der Waals surface area (Å²) in [5.74, 6) is -2.07. The van der Waals surface area contributed by atoms with Crippen LogP contribution in [-0.4, -0.2) is 62.1 Å². The van der Waals surface area contributed by atoms with E-state index >= 15 is 0 Å². The normalized spacial score (nSPS) is 41.6. The van der Waals surface area contributed by atoms with Crippen LogP contribution >= 0.6 is 0 Å². The van der Waals surface area contributed by atoms with Gasteiger partial charge in [-0.05, 0) is 65.2 Å². The van der Waals surface area contributed by atoms with Crippen LogP contribution in [0.3, 0.4) is 0 Å². The fourth-order valence-corrected chi connectivity index (χ4v) is 4.17. The number of hydrogen-bond acceptors (Lipinski definition) is 8. The Morgan fingerprint density at radius 1 is 1.10 bits per heavy atom. The number of hydrogen-bond donors (Lipinski definition) is 3. The molecule has 3 N–H and O–H groups in total. The van der Waals surface area contributed by atoms with Crippen LogP contribution in [0.5, 0.6) is 0 Å². The highest BCUT2D eigenvalue weighted by atomic mass is 16.6. The first-order chi connectivity index (χ1) is 13.7. The number of aliphatic hydroxyl groups excluding tert-OH is 1. The number of ether oxygens (including phenoxy) is 2. The second kappa shape index (κ2) is 8.77. The second-order valence-electron chi connectivity index (χ2n) is 9.41. The van der Waals surface area contributed by atoms with E-state index in [4.69, 9.17) is 9.47 Å². The predicted molar refractivity (Wildman–Crippen MR) is 107 cm³/mol. The lowest BCUT2D eigenvalue weighted by atomic mass is 9.78. The van der Waals surface area contributed by atoms with Crippen molar-refractivity contribution in [2.45, 2.75) is 102 Å². The Kier molecular flexibility index (Phi) is 7.16. The minimum Gasteiger partial charge on any atom is -0.460 e. The average molecular weight is 427 g/mol. The maximum atomic E-state index is 12.9. The molecular formula is C22H34O8. The molecule has 0 spiro atoms. The summed E-state index contributed by atoms with van der Waals surface area (Å²) in [7, 11) is 0. The molecule has 0 aromatic heterocycles. The number of rotatable bonds is 1. The van der Waals surface area contributed by atoms with Gasteiger partial charge in [-0.2, -0.15) is 0 Å². The van der Waals surface area contributed by atoms with Crippen molar-refractivity contribution >= 4 is 17.7 Å². The monoisotopic (exact) mass is 426 g/mol. The van der Waals surface area contributed by atoms with Crippen molar-refractivity contribution in [1.82, 2.24) is 0 Å². The Morgan fingerprint density at radius 3 is 2.33 bits per heavy atom. The predicted octanol–water partition coefficient (Wildman–Crippen LogP) is 1.58. The van der Waals surface area contributed by atoms with Gasteiger partial charge in [0.2, 0.25) is 0 Å². The van der Waals surface area contributed by atoms with Crippen molar-refractivity contribution in [3.8, 4) is 0 Å². The fraction of sp³-hybridized carbons (Fsp3) is 0.773. The highest BCUT2D eigenvalue weighted by Crippen LogP contribution is 2.38. The van der Waals surface area contributed by atoms with Gasteiger partial charge in [-0.15, -0.1) is 0 Å². The topological polar surface area (TPSA) is 130 Å². The van der Waals surface area contributed by atoms with E-state index in [1.807, 2.05) is 0 Å². The number of carbonyl (C=O) groups is 3. The second-order valence-corrected chi connectivity index (χ2v) is 9.41. The van der Waals surface area contributed by atoms with Gasteiger partial charge in [-0.3, -0.25) is 9.59 Å². The van der Waals surface area contributed by atoms with Crippen molar-refractivity contribution in [3.63, 3.8) is 0 Å². The zero-order chi connectivity index (χ0) is 22.9. The Bertz CT molecular complexity index is 710. The van der Waals surface area contributed by atoms with E-state index in [1.54, 1.807) is 6.92 Å². The summed E-state index contributed by atoms with van der Waals surface area (Å²) in [6, 6.07) is 0. The Morgan fingerprint density at radius 2 is 1.73 bits per heavy atom. The maximum Gasteiger partial charge on any atom is 0.334 e. The van der Waals surface area contributed by atoms with E-state index in [9.17, 15) is 29.7 Å². The molecule has 170 valence electrons. The first-order valence-corrected chi connectivity index (χ1v) is 10.4. The van der Waals surface area contributed by atoms with Gasteiger partial charge in [-0.1, -0.05) is 6.58 Å². The molecule has 2 rings (SSSR count). The molecule has 0 radical (unpaired) electrons. The van der Waals surface area contributed by atoms with E-state index in [2.05, 4.69) is 6.58 Å². The zero-order valence-corrected chi connectivity index (χ0v) is 18.3. The van der Waals surface area contributed by atoms with Crippen LogP contribution in [0.2, 0.25) is 0 Å². The molecule has 0 aromatic carbocycles. The third-order valence-corrected chi connectivity index (χ3v) is 6.63. The van der Waals surface area contributed by atoms with Gasteiger partial charge in [0.25, 0.3) is 0 Å². The Hall–Kier alpha value is -1.77.